The number of benzene rings is 2. The Labute approximate surface area is 193 Å². The van der Waals surface area contributed by atoms with Crippen molar-refractivity contribution in [3.8, 4) is 11.5 Å². The highest BCUT2D eigenvalue weighted by atomic mass is 16.6. The maximum absolute atomic E-state index is 12.8. The van der Waals surface area contributed by atoms with Crippen LogP contribution in [0.15, 0.2) is 36.4 Å². The molecule has 0 spiro atoms. The zero-order valence-corrected chi connectivity index (χ0v) is 19.5. The van der Waals surface area contributed by atoms with E-state index >= 15 is 0 Å². The van der Waals surface area contributed by atoms with Crippen molar-refractivity contribution in [2.75, 3.05) is 26.8 Å². The van der Waals surface area contributed by atoms with Gasteiger partial charge in [0.25, 0.3) is 11.6 Å². The fourth-order valence-corrected chi connectivity index (χ4v) is 4.02. The number of nitrogens with zero attached hydrogens (tertiary/aromatic N) is 2. The molecule has 2 aromatic rings. The number of carbonyl (C=O) groups excluding carboxylic acids is 1. The highest BCUT2D eigenvalue weighted by Crippen LogP contribution is 2.34. The molecule has 9 nitrogen and oxygen atoms in total. The molecule has 1 aliphatic heterocycles. The van der Waals surface area contributed by atoms with Crippen LogP contribution in [-0.4, -0.2) is 54.7 Å². The van der Waals surface area contributed by atoms with Gasteiger partial charge in [-0.3, -0.25) is 19.8 Å². The molecule has 0 aliphatic carbocycles. The molecule has 1 heterocycles. The normalized spacial score (nSPS) is 18.5. The first-order chi connectivity index (χ1) is 15.8. The topological polar surface area (TPSA) is 103 Å². The third-order valence-electron chi connectivity index (χ3n) is 5.40. The van der Waals surface area contributed by atoms with Crippen molar-refractivity contribution < 1.29 is 23.9 Å². The molecule has 2 unspecified atom stereocenters. The predicted octanol–water partition coefficient (Wildman–Crippen LogP) is 3.54. The van der Waals surface area contributed by atoms with Gasteiger partial charge in [0.05, 0.1) is 36.9 Å². The number of methoxy groups -OCH3 is 1. The van der Waals surface area contributed by atoms with Crippen LogP contribution in [0.25, 0.3) is 0 Å². The molecule has 1 aliphatic rings. The second kappa shape index (κ2) is 11.1. The molecule has 3 rings (SSSR count). The summed E-state index contributed by atoms with van der Waals surface area (Å²) in [6.07, 6.45) is 0.432. The first kappa shape index (κ1) is 24.5. The Bertz CT molecular complexity index is 969. The Morgan fingerprint density at radius 3 is 2.36 bits per heavy atom. The lowest BCUT2D eigenvalue weighted by Gasteiger charge is -2.35. The van der Waals surface area contributed by atoms with Crippen molar-refractivity contribution in [3.05, 3.63) is 63.2 Å². The Kier molecular flexibility index (Phi) is 8.24. The Morgan fingerprint density at radius 2 is 1.79 bits per heavy atom. The number of hydrogen-bond acceptors (Lipinski definition) is 7. The monoisotopic (exact) mass is 457 g/mol. The lowest BCUT2D eigenvalue weighted by atomic mass is 10.1. The van der Waals surface area contributed by atoms with Gasteiger partial charge in [-0.1, -0.05) is 24.3 Å². The molecular formula is C24H31N3O6. The lowest BCUT2D eigenvalue weighted by Crippen LogP contribution is -2.44. The van der Waals surface area contributed by atoms with E-state index in [-0.39, 0.29) is 41.5 Å². The van der Waals surface area contributed by atoms with Crippen molar-refractivity contribution in [3.63, 3.8) is 0 Å². The molecule has 0 aromatic heterocycles. The van der Waals surface area contributed by atoms with Crippen molar-refractivity contribution in [1.29, 1.82) is 0 Å². The first-order valence-corrected chi connectivity index (χ1v) is 11.0. The summed E-state index contributed by atoms with van der Waals surface area (Å²) in [4.78, 5) is 26.0. The van der Waals surface area contributed by atoms with E-state index in [9.17, 15) is 14.9 Å². The van der Waals surface area contributed by atoms with Gasteiger partial charge >= 0.3 is 0 Å². The Hall–Kier alpha value is -3.17. The maximum Gasteiger partial charge on any atom is 0.286 e. The SMILES string of the molecule is CCOc1cc(C(=O)NCc2ccc(CN3CC(C)OC(C)C3)cc2)c([N+](=O)[O-])cc1OC. The van der Waals surface area contributed by atoms with Gasteiger partial charge in [-0.05, 0) is 31.9 Å². The quantitative estimate of drug-likeness (QED) is 0.454. The number of ether oxygens (including phenoxy) is 3. The van der Waals surface area contributed by atoms with Crippen LogP contribution < -0.4 is 14.8 Å². The molecule has 0 bridgehead atoms. The number of amides is 1. The fourth-order valence-electron chi connectivity index (χ4n) is 4.02. The summed E-state index contributed by atoms with van der Waals surface area (Å²) in [6.45, 7) is 9.16. The van der Waals surface area contributed by atoms with Gasteiger partial charge < -0.3 is 19.5 Å². The number of nitro benzene ring substituents is 1. The maximum atomic E-state index is 12.8. The Morgan fingerprint density at radius 1 is 1.15 bits per heavy atom. The van der Waals surface area contributed by atoms with Crippen LogP contribution in [-0.2, 0) is 17.8 Å². The molecule has 1 N–H and O–H groups in total. The zero-order valence-electron chi connectivity index (χ0n) is 19.5. The molecule has 178 valence electrons. The summed E-state index contributed by atoms with van der Waals surface area (Å²) in [5.74, 6) is -0.0581. The number of hydrogen-bond donors (Lipinski definition) is 1. The zero-order chi connectivity index (χ0) is 24.0. The van der Waals surface area contributed by atoms with Gasteiger partial charge in [-0.15, -0.1) is 0 Å². The average Bonchev–Trinajstić information content (AvgIpc) is 2.77. The summed E-state index contributed by atoms with van der Waals surface area (Å²) >= 11 is 0. The largest absolute Gasteiger partial charge is 0.493 e. The van der Waals surface area contributed by atoms with Crippen LogP contribution in [0.4, 0.5) is 5.69 Å². The van der Waals surface area contributed by atoms with E-state index in [2.05, 4.69) is 24.1 Å². The highest BCUT2D eigenvalue weighted by molar-refractivity contribution is 5.99. The molecular weight excluding hydrogens is 426 g/mol. The summed E-state index contributed by atoms with van der Waals surface area (Å²) in [5, 5.41) is 14.3. The third kappa shape index (κ3) is 6.43. The molecule has 33 heavy (non-hydrogen) atoms. The van der Waals surface area contributed by atoms with Crippen molar-refractivity contribution >= 4 is 11.6 Å². The lowest BCUT2D eigenvalue weighted by molar-refractivity contribution is -0.385. The van der Waals surface area contributed by atoms with E-state index in [1.54, 1.807) is 6.92 Å². The van der Waals surface area contributed by atoms with E-state index in [1.807, 2.05) is 24.3 Å². The summed E-state index contributed by atoms with van der Waals surface area (Å²) in [5.41, 5.74) is 1.67. The summed E-state index contributed by atoms with van der Waals surface area (Å²) in [6, 6.07) is 10.5. The van der Waals surface area contributed by atoms with Crippen molar-refractivity contribution in [1.82, 2.24) is 10.2 Å². The minimum Gasteiger partial charge on any atom is -0.493 e. The molecule has 0 radical (unpaired) electrons. The fraction of sp³-hybridized carbons (Fsp3) is 0.458. The molecule has 1 saturated heterocycles. The standard InChI is InChI=1S/C24H31N3O6/c1-5-32-23-10-20(21(27(29)30)11-22(23)31-4)24(28)25-12-18-6-8-19(9-7-18)15-26-13-16(2)33-17(3)14-26/h6-11,16-17H,5,12-15H2,1-4H3,(H,25,28). The van der Waals surface area contributed by atoms with Gasteiger partial charge in [0.15, 0.2) is 11.5 Å². The second-order valence-electron chi connectivity index (χ2n) is 8.16. The van der Waals surface area contributed by atoms with Crippen LogP contribution in [0.2, 0.25) is 0 Å². The molecule has 9 heteroatoms. The highest BCUT2D eigenvalue weighted by Gasteiger charge is 2.25. The Balaban J connectivity index is 1.65. The molecule has 0 saturated carbocycles. The summed E-state index contributed by atoms with van der Waals surface area (Å²) < 4.78 is 16.4. The van der Waals surface area contributed by atoms with E-state index in [0.717, 1.165) is 25.2 Å². The van der Waals surface area contributed by atoms with E-state index in [4.69, 9.17) is 14.2 Å². The first-order valence-electron chi connectivity index (χ1n) is 11.0. The van der Waals surface area contributed by atoms with Gasteiger partial charge in [0.1, 0.15) is 5.56 Å². The minimum atomic E-state index is -0.602. The molecule has 1 amide bonds. The molecule has 2 atom stereocenters. The van der Waals surface area contributed by atoms with Crippen LogP contribution in [0.1, 0.15) is 42.3 Å². The molecule has 1 fully saturated rings. The van der Waals surface area contributed by atoms with Crippen LogP contribution in [0.3, 0.4) is 0 Å². The number of morpholine rings is 1. The number of nitro groups is 1. The second-order valence-corrected chi connectivity index (χ2v) is 8.16. The minimum absolute atomic E-state index is 0.0728. The van der Waals surface area contributed by atoms with E-state index in [1.165, 1.54) is 24.8 Å². The number of nitrogens with one attached hydrogen (secondary N) is 1. The van der Waals surface area contributed by atoms with E-state index < -0.39 is 10.8 Å². The van der Waals surface area contributed by atoms with Crippen molar-refractivity contribution in [2.45, 2.75) is 46.1 Å². The molecule has 2 aromatic carbocycles. The smallest absolute Gasteiger partial charge is 0.286 e. The predicted molar refractivity (Wildman–Crippen MR) is 124 cm³/mol. The van der Waals surface area contributed by atoms with Crippen LogP contribution in [0, 0.1) is 10.1 Å². The summed E-state index contributed by atoms with van der Waals surface area (Å²) in [7, 11) is 1.39. The van der Waals surface area contributed by atoms with E-state index in [0.29, 0.717) is 6.61 Å². The number of carbonyl (C=O) groups is 1. The van der Waals surface area contributed by atoms with Gasteiger partial charge in [-0.25, -0.2) is 0 Å². The third-order valence-corrected chi connectivity index (χ3v) is 5.40. The van der Waals surface area contributed by atoms with Crippen LogP contribution >= 0.6 is 0 Å². The number of rotatable bonds is 9. The van der Waals surface area contributed by atoms with Gasteiger partial charge in [-0.2, -0.15) is 0 Å². The van der Waals surface area contributed by atoms with Gasteiger partial charge in [0, 0.05) is 32.2 Å². The van der Waals surface area contributed by atoms with Crippen molar-refractivity contribution in [2.24, 2.45) is 0 Å². The van der Waals surface area contributed by atoms with Crippen LogP contribution in [0.5, 0.6) is 11.5 Å². The average molecular weight is 458 g/mol. The van der Waals surface area contributed by atoms with Gasteiger partial charge in [0.2, 0.25) is 0 Å².